The van der Waals surface area contributed by atoms with Gasteiger partial charge < -0.3 is 9.32 Å². The fraction of sp³-hybridized carbons (Fsp3) is 0.231. The normalized spacial score (nSPS) is 10.3. The number of pyridine rings is 1. The molecule has 0 aromatic carbocycles. The van der Waals surface area contributed by atoms with E-state index in [1.807, 2.05) is 18.2 Å². The Kier molecular flexibility index (Phi) is 3.99. The number of carbonyl (C=O) groups is 1. The molecule has 0 aliphatic carbocycles. The molecule has 18 heavy (non-hydrogen) atoms. The summed E-state index contributed by atoms with van der Waals surface area (Å²) < 4.78 is 5.31. The summed E-state index contributed by atoms with van der Waals surface area (Å²) in [7, 11) is 1.71. The van der Waals surface area contributed by atoms with Crippen molar-refractivity contribution in [3.05, 3.63) is 53.7 Å². The highest BCUT2D eigenvalue weighted by molar-refractivity contribution is 6.16. The van der Waals surface area contributed by atoms with E-state index in [4.69, 9.17) is 16.0 Å². The number of carbonyl (C=O) groups excluding carboxylic acids is 1. The molecule has 2 heterocycles. The molecule has 0 radical (unpaired) electrons. The molecule has 0 saturated carbocycles. The van der Waals surface area contributed by atoms with Gasteiger partial charge in [0.2, 0.25) is 0 Å². The van der Waals surface area contributed by atoms with Crippen molar-refractivity contribution in [3.8, 4) is 0 Å². The van der Waals surface area contributed by atoms with Crippen LogP contribution in [0.1, 0.15) is 22.0 Å². The Morgan fingerprint density at radius 1 is 1.39 bits per heavy atom. The Balaban J connectivity index is 2.05. The van der Waals surface area contributed by atoms with Gasteiger partial charge >= 0.3 is 0 Å². The molecule has 0 N–H and O–H groups in total. The highest BCUT2D eigenvalue weighted by atomic mass is 35.5. The van der Waals surface area contributed by atoms with Gasteiger partial charge in [0, 0.05) is 13.2 Å². The zero-order valence-electron chi connectivity index (χ0n) is 9.97. The van der Waals surface area contributed by atoms with Crippen LogP contribution in [-0.4, -0.2) is 22.8 Å². The van der Waals surface area contributed by atoms with Crippen LogP contribution >= 0.6 is 11.6 Å². The molecular formula is C13H13ClN2O2. The number of alkyl halides is 1. The van der Waals surface area contributed by atoms with E-state index in [1.165, 1.54) is 0 Å². The second-order valence-electron chi connectivity index (χ2n) is 3.88. The molecule has 0 atom stereocenters. The van der Waals surface area contributed by atoms with Gasteiger partial charge in [-0.2, -0.15) is 0 Å². The molecule has 0 aliphatic heterocycles. The average Bonchev–Trinajstić information content (AvgIpc) is 2.87. The molecule has 2 rings (SSSR count). The molecule has 94 valence electrons. The standard InChI is InChI=1S/C13H13ClN2O2/c1-16(9-10-4-2-3-7-15-10)13(17)12-6-5-11(8-14)18-12/h2-7H,8-9H2,1H3. The van der Waals surface area contributed by atoms with Gasteiger partial charge in [-0.05, 0) is 24.3 Å². The first kappa shape index (κ1) is 12.6. The van der Waals surface area contributed by atoms with Crippen molar-refractivity contribution in [2.45, 2.75) is 12.4 Å². The maximum Gasteiger partial charge on any atom is 0.289 e. The highest BCUT2D eigenvalue weighted by Crippen LogP contribution is 2.13. The minimum atomic E-state index is -0.183. The summed E-state index contributed by atoms with van der Waals surface area (Å²) in [6.45, 7) is 0.441. The van der Waals surface area contributed by atoms with Crippen LogP contribution in [0.15, 0.2) is 40.9 Å². The first-order valence-electron chi connectivity index (χ1n) is 5.50. The quantitative estimate of drug-likeness (QED) is 0.798. The van der Waals surface area contributed by atoms with E-state index >= 15 is 0 Å². The van der Waals surface area contributed by atoms with E-state index in [0.717, 1.165) is 5.69 Å². The zero-order chi connectivity index (χ0) is 13.0. The number of amides is 1. The predicted molar refractivity (Wildman–Crippen MR) is 68.3 cm³/mol. The third kappa shape index (κ3) is 2.90. The van der Waals surface area contributed by atoms with E-state index in [9.17, 15) is 4.79 Å². The third-order valence-electron chi connectivity index (χ3n) is 2.48. The van der Waals surface area contributed by atoms with Crippen molar-refractivity contribution in [1.29, 1.82) is 0 Å². The van der Waals surface area contributed by atoms with E-state index in [2.05, 4.69) is 4.98 Å². The molecule has 5 heteroatoms. The Morgan fingerprint density at radius 2 is 2.22 bits per heavy atom. The third-order valence-corrected chi connectivity index (χ3v) is 2.74. The molecule has 0 unspecified atom stereocenters. The molecule has 0 saturated heterocycles. The number of nitrogens with zero attached hydrogens (tertiary/aromatic N) is 2. The molecule has 0 fully saturated rings. The van der Waals surface area contributed by atoms with Crippen molar-refractivity contribution in [2.24, 2.45) is 0 Å². The maximum absolute atomic E-state index is 12.0. The van der Waals surface area contributed by atoms with Gasteiger partial charge in [0.15, 0.2) is 5.76 Å². The van der Waals surface area contributed by atoms with E-state index < -0.39 is 0 Å². The van der Waals surface area contributed by atoms with E-state index in [0.29, 0.717) is 18.1 Å². The fourth-order valence-electron chi connectivity index (χ4n) is 1.56. The van der Waals surface area contributed by atoms with Gasteiger partial charge in [-0.25, -0.2) is 0 Å². The minimum Gasteiger partial charge on any atom is -0.455 e. The average molecular weight is 265 g/mol. The number of hydrogen-bond donors (Lipinski definition) is 0. The molecule has 1 amide bonds. The number of hydrogen-bond acceptors (Lipinski definition) is 3. The van der Waals surface area contributed by atoms with Gasteiger partial charge in [-0.15, -0.1) is 11.6 Å². The van der Waals surface area contributed by atoms with Crippen molar-refractivity contribution < 1.29 is 9.21 Å². The first-order chi connectivity index (χ1) is 8.70. The molecule has 0 spiro atoms. The van der Waals surface area contributed by atoms with Crippen LogP contribution in [0.4, 0.5) is 0 Å². The van der Waals surface area contributed by atoms with Gasteiger partial charge in [-0.3, -0.25) is 9.78 Å². The highest BCUT2D eigenvalue weighted by Gasteiger charge is 2.16. The summed E-state index contributed by atoms with van der Waals surface area (Å²) in [5, 5.41) is 0. The maximum atomic E-state index is 12.0. The smallest absolute Gasteiger partial charge is 0.289 e. The van der Waals surface area contributed by atoms with Crippen LogP contribution in [0.3, 0.4) is 0 Å². The van der Waals surface area contributed by atoms with Crippen LogP contribution in [-0.2, 0) is 12.4 Å². The van der Waals surface area contributed by atoms with Crippen molar-refractivity contribution in [1.82, 2.24) is 9.88 Å². The largest absolute Gasteiger partial charge is 0.455 e. The van der Waals surface area contributed by atoms with E-state index in [1.54, 1.807) is 30.3 Å². The number of rotatable bonds is 4. The summed E-state index contributed by atoms with van der Waals surface area (Å²) >= 11 is 5.63. The topological polar surface area (TPSA) is 46.3 Å². The predicted octanol–water partition coefficient (Wildman–Crippen LogP) is 2.69. The summed E-state index contributed by atoms with van der Waals surface area (Å²) in [5.74, 6) is 0.962. The van der Waals surface area contributed by atoms with Crippen LogP contribution in [0.2, 0.25) is 0 Å². The van der Waals surface area contributed by atoms with Gasteiger partial charge in [0.05, 0.1) is 18.1 Å². The van der Waals surface area contributed by atoms with Crippen LogP contribution in [0, 0.1) is 0 Å². The molecule has 2 aromatic rings. The van der Waals surface area contributed by atoms with Gasteiger partial charge in [-0.1, -0.05) is 6.07 Å². The summed E-state index contributed by atoms with van der Waals surface area (Å²) in [4.78, 5) is 17.8. The van der Waals surface area contributed by atoms with Crippen molar-refractivity contribution in [2.75, 3.05) is 7.05 Å². The molecule has 0 aliphatic rings. The van der Waals surface area contributed by atoms with Gasteiger partial charge in [0.1, 0.15) is 5.76 Å². The van der Waals surface area contributed by atoms with E-state index in [-0.39, 0.29) is 11.8 Å². The molecular weight excluding hydrogens is 252 g/mol. The Bertz CT molecular complexity index is 525. The fourth-order valence-corrected chi connectivity index (χ4v) is 1.70. The molecule has 0 bridgehead atoms. The lowest BCUT2D eigenvalue weighted by molar-refractivity contribution is 0.0750. The number of furan rings is 1. The molecule has 4 nitrogen and oxygen atoms in total. The van der Waals surface area contributed by atoms with Crippen LogP contribution in [0.5, 0.6) is 0 Å². The molecule has 2 aromatic heterocycles. The zero-order valence-corrected chi connectivity index (χ0v) is 10.7. The van der Waals surface area contributed by atoms with Crippen molar-refractivity contribution in [3.63, 3.8) is 0 Å². The van der Waals surface area contributed by atoms with Crippen molar-refractivity contribution >= 4 is 17.5 Å². The Labute approximate surface area is 110 Å². The van der Waals surface area contributed by atoms with Crippen LogP contribution in [0.25, 0.3) is 0 Å². The summed E-state index contributed by atoms with van der Waals surface area (Å²) in [5.41, 5.74) is 0.831. The minimum absolute atomic E-state index is 0.183. The lowest BCUT2D eigenvalue weighted by Crippen LogP contribution is -2.26. The number of aromatic nitrogens is 1. The Morgan fingerprint density at radius 3 is 2.83 bits per heavy atom. The Hall–Kier alpha value is -1.81. The lowest BCUT2D eigenvalue weighted by atomic mass is 10.3. The monoisotopic (exact) mass is 264 g/mol. The second-order valence-corrected chi connectivity index (χ2v) is 4.15. The SMILES string of the molecule is CN(Cc1ccccn1)C(=O)c1ccc(CCl)o1. The number of halogens is 1. The first-order valence-corrected chi connectivity index (χ1v) is 6.04. The van der Waals surface area contributed by atoms with Crippen LogP contribution < -0.4 is 0 Å². The summed E-state index contributed by atoms with van der Waals surface area (Å²) in [6.07, 6.45) is 1.70. The summed E-state index contributed by atoms with van der Waals surface area (Å²) in [6, 6.07) is 8.93. The van der Waals surface area contributed by atoms with Gasteiger partial charge in [0.25, 0.3) is 5.91 Å². The lowest BCUT2D eigenvalue weighted by Gasteiger charge is -2.14. The second kappa shape index (κ2) is 5.69.